The van der Waals surface area contributed by atoms with Crippen molar-refractivity contribution in [3.63, 3.8) is 0 Å². The molecule has 0 saturated carbocycles. The summed E-state index contributed by atoms with van der Waals surface area (Å²) in [6.07, 6.45) is 1.23. The minimum Gasteiger partial charge on any atom is -0.490 e. The number of benzene rings is 3. The number of nitro benzene ring substituents is 1. The van der Waals surface area contributed by atoms with E-state index in [1.54, 1.807) is 25.1 Å². The topological polar surface area (TPSA) is 149 Å². The number of nitrogens with one attached hydrogen (secondary N) is 1. The highest BCUT2D eigenvalue weighted by atomic mass is 35.5. The lowest BCUT2D eigenvalue weighted by Gasteiger charge is -2.13. The number of carbonyl (C=O) groups excluding carboxylic acids is 1. The molecule has 0 bridgehead atoms. The van der Waals surface area contributed by atoms with Crippen LogP contribution >= 0.6 is 23.2 Å². The molecule has 0 saturated heterocycles. The first kappa shape index (κ1) is 28.5. The maximum Gasteiger partial charge on any atom is 0.339 e. The van der Waals surface area contributed by atoms with E-state index in [0.29, 0.717) is 5.56 Å². The van der Waals surface area contributed by atoms with Crippen molar-refractivity contribution in [2.24, 2.45) is 0 Å². The van der Waals surface area contributed by atoms with Crippen molar-refractivity contribution < 1.29 is 27.1 Å². The number of amides is 1. The highest BCUT2D eigenvalue weighted by Gasteiger charge is 2.21. The Morgan fingerprint density at radius 2 is 1.74 bits per heavy atom. The van der Waals surface area contributed by atoms with Gasteiger partial charge in [-0.3, -0.25) is 14.9 Å². The van der Waals surface area contributed by atoms with Crippen LogP contribution in [-0.4, -0.2) is 25.9 Å². The van der Waals surface area contributed by atoms with E-state index in [9.17, 15) is 28.6 Å². The van der Waals surface area contributed by atoms with Crippen LogP contribution in [0.5, 0.6) is 11.5 Å². The highest BCUT2D eigenvalue weighted by molar-refractivity contribution is 7.87. The van der Waals surface area contributed by atoms with Gasteiger partial charge in [-0.1, -0.05) is 47.0 Å². The van der Waals surface area contributed by atoms with Gasteiger partial charge in [0.1, 0.15) is 16.5 Å². The van der Waals surface area contributed by atoms with Gasteiger partial charge in [0.05, 0.1) is 27.3 Å². The zero-order valence-electron chi connectivity index (χ0n) is 19.9. The third-order valence-electron chi connectivity index (χ3n) is 4.93. The first-order valence-corrected chi connectivity index (χ1v) is 13.0. The molecular formula is C25H19Cl2N3O7S. The van der Waals surface area contributed by atoms with Crippen LogP contribution < -0.4 is 14.2 Å². The molecule has 0 radical (unpaired) electrons. The summed E-state index contributed by atoms with van der Waals surface area (Å²) in [5.74, 6) is -0.904. The minimum absolute atomic E-state index is 0.0403. The fourth-order valence-corrected chi connectivity index (χ4v) is 4.61. The number of nitro groups is 1. The van der Waals surface area contributed by atoms with Gasteiger partial charge in [0.2, 0.25) is 0 Å². The summed E-state index contributed by atoms with van der Waals surface area (Å²) in [5.41, 5.74) is 0.361. The number of rotatable bonds is 9. The predicted octanol–water partition coefficient (Wildman–Crippen LogP) is 5.92. The predicted molar refractivity (Wildman–Crippen MR) is 142 cm³/mol. The Morgan fingerprint density at radius 3 is 2.29 bits per heavy atom. The van der Waals surface area contributed by atoms with Crippen LogP contribution in [0.15, 0.2) is 65.1 Å². The molecule has 1 N–H and O–H groups in total. The average molecular weight is 576 g/mol. The van der Waals surface area contributed by atoms with Crippen LogP contribution in [0, 0.1) is 28.4 Å². The number of hydrogen-bond acceptors (Lipinski definition) is 8. The Balaban J connectivity index is 1.89. The molecule has 38 heavy (non-hydrogen) atoms. The minimum atomic E-state index is -4.16. The van der Waals surface area contributed by atoms with Crippen molar-refractivity contribution in [2.45, 2.75) is 18.7 Å². The fraction of sp³-hybridized carbons (Fsp3) is 0.120. The molecule has 0 aliphatic heterocycles. The number of nitriles is 1. The SMILES string of the molecule is CCOc1cc(/C=C(\C#N)C(=O)Nc2c(Cl)cc([N+](=O)[O-])cc2Cl)ccc1OS(=O)(=O)c1ccc(C)cc1. The Bertz CT molecular complexity index is 1560. The van der Waals surface area contributed by atoms with Crippen molar-refractivity contribution in [3.8, 4) is 17.6 Å². The van der Waals surface area contributed by atoms with Gasteiger partial charge < -0.3 is 14.2 Å². The van der Waals surface area contributed by atoms with E-state index >= 15 is 0 Å². The number of nitrogens with zero attached hydrogens (tertiary/aromatic N) is 2. The molecule has 3 aromatic rings. The zero-order valence-corrected chi connectivity index (χ0v) is 22.2. The fourth-order valence-electron chi connectivity index (χ4n) is 3.10. The van der Waals surface area contributed by atoms with Gasteiger partial charge in [0, 0.05) is 12.1 Å². The smallest absolute Gasteiger partial charge is 0.339 e. The van der Waals surface area contributed by atoms with E-state index in [1.165, 1.54) is 36.4 Å². The Morgan fingerprint density at radius 1 is 1.11 bits per heavy atom. The second-order valence-electron chi connectivity index (χ2n) is 7.66. The van der Waals surface area contributed by atoms with Crippen molar-refractivity contribution in [1.29, 1.82) is 5.26 Å². The average Bonchev–Trinajstić information content (AvgIpc) is 2.86. The Kier molecular flexibility index (Phi) is 8.96. The molecule has 1 amide bonds. The summed E-state index contributed by atoms with van der Waals surface area (Å²) in [6.45, 7) is 3.69. The first-order valence-electron chi connectivity index (χ1n) is 10.8. The largest absolute Gasteiger partial charge is 0.490 e. The third kappa shape index (κ3) is 6.80. The van der Waals surface area contributed by atoms with E-state index in [4.69, 9.17) is 32.1 Å². The summed E-state index contributed by atoms with van der Waals surface area (Å²) in [5, 5.41) is 22.5. The Hall–Kier alpha value is -4.11. The van der Waals surface area contributed by atoms with Crippen molar-refractivity contribution in [1.82, 2.24) is 0 Å². The summed E-state index contributed by atoms with van der Waals surface area (Å²) in [7, 11) is -4.16. The van der Waals surface area contributed by atoms with Crippen molar-refractivity contribution in [3.05, 3.63) is 91.5 Å². The van der Waals surface area contributed by atoms with Crippen LogP contribution in [0.4, 0.5) is 11.4 Å². The van der Waals surface area contributed by atoms with Gasteiger partial charge in [-0.2, -0.15) is 13.7 Å². The standard InChI is InChI=1S/C25H19Cl2N3O7S/c1-3-36-23-11-16(6-9-22(23)37-38(34,35)19-7-4-15(2)5-8-19)10-17(14-28)25(31)29-24-20(26)12-18(30(32)33)13-21(24)27/h4-13H,3H2,1-2H3,(H,29,31)/b17-10+. The van der Waals surface area contributed by atoms with Gasteiger partial charge in [-0.25, -0.2) is 0 Å². The molecule has 0 aliphatic rings. The molecule has 0 aliphatic carbocycles. The van der Waals surface area contributed by atoms with E-state index in [0.717, 1.165) is 17.7 Å². The number of hydrogen-bond donors (Lipinski definition) is 1. The van der Waals surface area contributed by atoms with Gasteiger partial charge >= 0.3 is 10.1 Å². The first-order chi connectivity index (χ1) is 17.9. The number of anilines is 1. The molecule has 3 aromatic carbocycles. The molecular weight excluding hydrogens is 557 g/mol. The van der Waals surface area contributed by atoms with E-state index in [2.05, 4.69) is 5.32 Å². The normalized spacial score (nSPS) is 11.4. The number of aryl methyl sites for hydroxylation is 1. The lowest BCUT2D eigenvalue weighted by molar-refractivity contribution is -0.384. The van der Waals surface area contributed by atoms with Crippen LogP contribution in [-0.2, 0) is 14.9 Å². The van der Waals surface area contributed by atoms with Crippen LogP contribution in [0.2, 0.25) is 10.0 Å². The molecule has 0 heterocycles. The molecule has 196 valence electrons. The number of carbonyl (C=O) groups is 1. The summed E-state index contributed by atoms with van der Waals surface area (Å²) in [6, 6.07) is 14.1. The van der Waals surface area contributed by atoms with Gasteiger partial charge in [-0.15, -0.1) is 0 Å². The number of ether oxygens (including phenoxy) is 1. The molecule has 0 aromatic heterocycles. The molecule has 3 rings (SSSR count). The molecule has 0 spiro atoms. The monoisotopic (exact) mass is 575 g/mol. The maximum absolute atomic E-state index is 12.7. The van der Waals surface area contributed by atoms with Crippen LogP contribution in [0.1, 0.15) is 18.1 Å². The second kappa shape index (κ2) is 12.0. The maximum atomic E-state index is 12.7. The molecule has 13 heteroatoms. The quantitative estimate of drug-likeness (QED) is 0.108. The number of non-ortho nitro benzene ring substituents is 1. The molecule has 0 atom stereocenters. The highest BCUT2D eigenvalue weighted by Crippen LogP contribution is 2.35. The van der Waals surface area contributed by atoms with Crippen molar-refractivity contribution >= 4 is 56.7 Å². The number of halogens is 2. The molecule has 0 unspecified atom stereocenters. The lowest BCUT2D eigenvalue weighted by atomic mass is 10.1. The zero-order chi connectivity index (χ0) is 28.0. The summed E-state index contributed by atoms with van der Waals surface area (Å²) >= 11 is 12.0. The second-order valence-corrected chi connectivity index (χ2v) is 10.0. The van der Waals surface area contributed by atoms with E-state index in [-0.39, 0.29) is 50.0 Å². The summed E-state index contributed by atoms with van der Waals surface area (Å²) < 4.78 is 36.2. The third-order valence-corrected chi connectivity index (χ3v) is 6.77. The van der Waals surface area contributed by atoms with Crippen LogP contribution in [0.25, 0.3) is 6.08 Å². The summed E-state index contributed by atoms with van der Waals surface area (Å²) in [4.78, 5) is 22.9. The lowest BCUT2D eigenvalue weighted by Crippen LogP contribution is -2.14. The van der Waals surface area contributed by atoms with E-state index < -0.39 is 20.9 Å². The van der Waals surface area contributed by atoms with Gasteiger partial charge in [0.15, 0.2) is 11.5 Å². The van der Waals surface area contributed by atoms with Gasteiger partial charge in [0.25, 0.3) is 11.6 Å². The molecule has 0 fully saturated rings. The van der Waals surface area contributed by atoms with Crippen LogP contribution in [0.3, 0.4) is 0 Å². The van der Waals surface area contributed by atoms with Gasteiger partial charge in [-0.05, 0) is 49.8 Å². The van der Waals surface area contributed by atoms with Crippen molar-refractivity contribution in [2.75, 3.05) is 11.9 Å². The Labute approximate surface area is 228 Å². The van der Waals surface area contributed by atoms with E-state index in [1.807, 2.05) is 6.92 Å². The molecule has 10 nitrogen and oxygen atoms in total.